The fourth-order valence-electron chi connectivity index (χ4n) is 1.90. The topological polar surface area (TPSA) is 52.6 Å². The first-order chi connectivity index (χ1) is 6.63. The Bertz CT molecular complexity index is 224. The van der Waals surface area contributed by atoms with Gasteiger partial charge in [-0.05, 0) is 19.3 Å². The van der Waals surface area contributed by atoms with Gasteiger partial charge in [-0.1, -0.05) is 0 Å². The van der Waals surface area contributed by atoms with Crippen molar-refractivity contribution in [1.82, 2.24) is 0 Å². The molecule has 2 atom stereocenters. The van der Waals surface area contributed by atoms with Crippen molar-refractivity contribution in [2.75, 3.05) is 7.11 Å². The monoisotopic (exact) mass is 200 g/mol. The standard InChI is InChI=1S/C10H16O4/c1-7(11)14-9-5-3-4-8(9)6-10(12)13-2/h8-9H,3-6H2,1-2H3/t8-,9+/m1/s1. The SMILES string of the molecule is COC(=O)C[C@H]1CCC[C@@H]1OC(C)=O. The molecule has 0 amide bonds. The van der Waals surface area contributed by atoms with Crippen LogP contribution in [0.3, 0.4) is 0 Å². The van der Waals surface area contributed by atoms with E-state index in [1.54, 1.807) is 0 Å². The van der Waals surface area contributed by atoms with Crippen molar-refractivity contribution in [1.29, 1.82) is 0 Å². The predicted molar refractivity (Wildman–Crippen MR) is 49.5 cm³/mol. The Morgan fingerprint density at radius 3 is 2.64 bits per heavy atom. The molecule has 4 heteroatoms. The summed E-state index contributed by atoms with van der Waals surface area (Å²) in [6.45, 7) is 1.40. The first-order valence-electron chi connectivity index (χ1n) is 4.87. The van der Waals surface area contributed by atoms with E-state index < -0.39 is 0 Å². The van der Waals surface area contributed by atoms with Crippen molar-refractivity contribution in [3.8, 4) is 0 Å². The normalized spacial score (nSPS) is 25.9. The van der Waals surface area contributed by atoms with Gasteiger partial charge in [-0.25, -0.2) is 0 Å². The van der Waals surface area contributed by atoms with E-state index in [9.17, 15) is 9.59 Å². The lowest BCUT2D eigenvalue weighted by atomic mass is 10.0. The van der Waals surface area contributed by atoms with Crippen molar-refractivity contribution >= 4 is 11.9 Å². The van der Waals surface area contributed by atoms with Gasteiger partial charge in [-0.3, -0.25) is 9.59 Å². The van der Waals surface area contributed by atoms with Crippen LogP contribution in [0, 0.1) is 5.92 Å². The Morgan fingerprint density at radius 2 is 2.07 bits per heavy atom. The molecule has 0 bridgehead atoms. The summed E-state index contributed by atoms with van der Waals surface area (Å²) >= 11 is 0. The number of rotatable bonds is 3. The Hall–Kier alpha value is -1.06. The van der Waals surface area contributed by atoms with Crippen LogP contribution >= 0.6 is 0 Å². The summed E-state index contributed by atoms with van der Waals surface area (Å²) < 4.78 is 9.71. The van der Waals surface area contributed by atoms with Gasteiger partial charge in [0.2, 0.25) is 0 Å². The van der Waals surface area contributed by atoms with E-state index >= 15 is 0 Å². The highest BCUT2D eigenvalue weighted by molar-refractivity contribution is 5.70. The molecule has 4 nitrogen and oxygen atoms in total. The third-order valence-electron chi connectivity index (χ3n) is 2.56. The number of carbonyl (C=O) groups excluding carboxylic acids is 2. The van der Waals surface area contributed by atoms with E-state index in [4.69, 9.17) is 4.74 Å². The molecule has 1 aliphatic rings. The van der Waals surface area contributed by atoms with Gasteiger partial charge < -0.3 is 9.47 Å². The molecule has 1 fully saturated rings. The van der Waals surface area contributed by atoms with Crippen LogP contribution in [-0.2, 0) is 19.1 Å². The molecule has 0 heterocycles. The largest absolute Gasteiger partial charge is 0.469 e. The van der Waals surface area contributed by atoms with Crippen LogP contribution in [-0.4, -0.2) is 25.2 Å². The molecule has 0 aromatic heterocycles. The molecule has 0 aromatic rings. The van der Waals surface area contributed by atoms with Gasteiger partial charge in [0.25, 0.3) is 0 Å². The Kier molecular flexibility index (Phi) is 3.92. The number of esters is 2. The fourth-order valence-corrected chi connectivity index (χ4v) is 1.90. The summed E-state index contributed by atoms with van der Waals surface area (Å²) in [4.78, 5) is 21.8. The van der Waals surface area contributed by atoms with Gasteiger partial charge in [-0.2, -0.15) is 0 Å². The molecule has 0 radical (unpaired) electrons. The lowest BCUT2D eigenvalue weighted by molar-refractivity contribution is -0.151. The number of methoxy groups -OCH3 is 1. The summed E-state index contributed by atoms with van der Waals surface area (Å²) in [6, 6.07) is 0. The zero-order valence-corrected chi connectivity index (χ0v) is 8.62. The average molecular weight is 200 g/mol. The lowest BCUT2D eigenvalue weighted by Gasteiger charge is -2.17. The second kappa shape index (κ2) is 4.98. The van der Waals surface area contributed by atoms with Crippen molar-refractivity contribution < 1.29 is 19.1 Å². The molecular weight excluding hydrogens is 184 g/mol. The fraction of sp³-hybridized carbons (Fsp3) is 0.800. The van der Waals surface area contributed by atoms with E-state index in [1.165, 1.54) is 14.0 Å². The van der Waals surface area contributed by atoms with E-state index in [1.807, 2.05) is 0 Å². The van der Waals surface area contributed by atoms with Crippen molar-refractivity contribution in [2.45, 2.75) is 38.7 Å². The number of ether oxygens (including phenoxy) is 2. The minimum atomic E-state index is -0.272. The van der Waals surface area contributed by atoms with Crippen LogP contribution in [0.15, 0.2) is 0 Å². The maximum atomic E-state index is 11.0. The van der Waals surface area contributed by atoms with Crippen LogP contribution < -0.4 is 0 Å². The molecule has 0 unspecified atom stereocenters. The summed E-state index contributed by atoms with van der Waals surface area (Å²) in [5, 5.41) is 0. The second-order valence-electron chi connectivity index (χ2n) is 3.62. The molecule has 0 N–H and O–H groups in total. The third-order valence-corrected chi connectivity index (χ3v) is 2.56. The van der Waals surface area contributed by atoms with E-state index in [-0.39, 0.29) is 24.0 Å². The summed E-state index contributed by atoms with van der Waals surface area (Å²) in [6.07, 6.45) is 3.08. The maximum Gasteiger partial charge on any atom is 0.305 e. The third kappa shape index (κ3) is 3.01. The highest BCUT2D eigenvalue weighted by Gasteiger charge is 2.31. The Morgan fingerprint density at radius 1 is 1.36 bits per heavy atom. The molecular formula is C10H16O4. The molecule has 1 saturated carbocycles. The average Bonchev–Trinajstić information content (AvgIpc) is 2.52. The zero-order chi connectivity index (χ0) is 10.6. The van der Waals surface area contributed by atoms with Crippen LogP contribution in [0.2, 0.25) is 0 Å². The Labute approximate surface area is 83.6 Å². The minimum Gasteiger partial charge on any atom is -0.469 e. The molecule has 0 saturated heterocycles. The quantitative estimate of drug-likeness (QED) is 0.644. The first-order valence-corrected chi connectivity index (χ1v) is 4.87. The minimum absolute atomic E-state index is 0.0911. The smallest absolute Gasteiger partial charge is 0.305 e. The highest BCUT2D eigenvalue weighted by Crippen LogP contribution is 2.31. The number of hydrogen-bond donors (Lipinski definition) is 0. The summed E-state index contributed by atoms with van der Waals surface area (Å²) in [5.41, 5.74) is 0. The van der Waals surface area contributed by atoms with Crippen LogP contribution in [0.4, 0.5) is 0 Å². The van der Waals surface area contributed by atoms with E-state index in [2.05, 4.69) is 4.74 Å². The lowest BCUT2D eigenvalue weighted by Crippen LogP contribution is -2.23. The molecule has 1 aliphatic carbocycles. The molecule has 14 heavy (non-hydrogen) atoms. The molecule has 1 rings (SSSR count). The van der Waals surface area contributed by atoms with Crippen molar-refractivity contribution in [3.05, 3.63) is 0 Å². The van der Waals surface area contributed by atoms with E-state index in [0.29, 0.717) is 6.42 Å². The van der Waals surface area contributed by atoms with Crippen LogP contribution in [0.25, 0.3) is 0 Å². The number of carbonyl (C=O) groups is 2. The summed E-state index contributed by atoms with van der Waals surface area (Å²) in [5.74, 6) is -0.354. The van der Waals surface area contributed by atoms with Gasteiger partial charge in [0, 0.05) is 12.8 Å². The number of hydrogen-bond acceptors (Lipinski definition) is 4. The molecule has 80 valence electrons. The van der Waals surface area contributed by atoms with Gasteiger partial charge in [0.1, 0.15) is 6.10 Å². The van der Waals surface area contributed by atoms with Gasteiger partial charge in [0.15, 0.2) is 0 Å². The molecule has 0 aromatic carbocycles. The van der Waals surface area contributed by atoms with Gasteiger partial charge in [-0.15, -0.1) is 0 Å². The van der Waals surface area contributed by atoms with Crippen molar-refractivity contribution in [2.24, 2.45) is 5.92 Å². The van der Waals surface area contributed by atoms with Gasteiger partial charge >= 0.3 is 11.9 Å². The zero-order valence-electron chi connectivity index (χ0n) is 8.62. The molecule has 0 spiro atoms. The maximum absolute atomic E-state index is 11.0. The van der Waals surface area contributed by atoms with E-state index in [0.717, 1.165) is 19.3 Å². The summed E-state index contributed by atoms with van der Waals surface area (Å²) in [7, 11) is 1.37. The Balaban J connectivity index is 2.42. The predicted octanol–water partition coefficient (Wildman–Crippen LogP) is 1.28. The molecule has 0 aliphatic heterocycles. The van der Waals surface area contributed by atoms with Crippen LogP contribution in [0.5, 0.6) is 0 Å². The second-order valence-corrected chi connectivity index (χ2v) is 3.62. The van der Waals surface area contributed by atoms with Crippen molar-refractivity contribution in [3.63, 3.8) is 0 Å². The van der Waals surface area contributed by atoms with Gasteiger partial charge in [0.05, 0.1) is 13.5 Å². The highest BCUT2D eigenvalue weighted by atomic mass is 16.5. The first kappa shape index (κ1) is 11.0. The van der Waals surface area contributed by atoms with Crippen LogP contribution in [0.1, 0.15) is 32.6 Å².